The van der Waals surface area contributed by atoms with Crippen molar-refractivity contribution in [2.24, 2.45) is 0 Å². The first kappa shape index (κ1) is 16.5. The maximum Gasteiger partial charge on any atom is 0.319 e. The van der Waals surface area contributed by atoms with E-state index in [9.17, 15) is 9.59 Å². The summed E-state index contributed by atoms with van der Waals surface area (Å²) in [4.78, 5) is 23.5. The Hall–Kier alpha value is -1.56. The first-order chi connectivity index (χ1) is 9.43. The molecule has 1 aromatic rings. The van der Waals surface area contributed by atoms with Gasteiger partial charge in [0, 0.05) is 11.0 Å². The van der Waals surface area contributed by atoms with Crippen LogP contribution in [0.3, 0.4) is 0 Å². The Balaban J connectivity index is 2.52. The average Bonchev–Trinajstić information content (AvgIpc) is 2.39. The summed E-state index contributed by atoms with van der Waals surface area (Å²) in [5, 5.41) is 8.03. The molecule has 0 aliphatic rings. The third kappa shape index (κ3) is 5.21. The van der Waals surface area contributed by atoms with Crippen LogP contribution >= 0.6 is 15.9 Å². The summed E-state index contributed by atoms with van der Waals surface area (Å²) >= 11 is 3.38. The van der Waals surface area contributed by atoms with Crippen LogP contribution in [0, 0.1) is 6.92 Å². The maximum absolute atomic E-state index is 11.8. The molecule has 1 atom stereocenters. The highest BCUT2D eigenvalue weighted by Crippen LogP contribution is 2.23. The highest BCUT2D eigenvalue weighted by Gasteiger charge is 2.15. The molecule has 0 aliphatic heterocycles. The van der Waals surface area contributed by atoms with E-state index in [0.717, 1.165) is 16.5 Å². The minimum Gasteiger partial charge on any atom is -0.354 e. The Labute approximate surface area is 127 Å². The fourth-order valence-electron chi connectivity index (χ4n) is 1.54. The predicted octanol–water partition coefficient (Wildman–Crippen LogP) is 2.79. The number of aryl methyl sites for hydroxylation is 1. The van der Waals surface area contributed by atoms with Crippen molar-refractivity contribution < 1.29 is 9.59 Å². The summed E-state index contributed by atoms with van der Waals surface area (Å²) in [7, 11) is 0. The molecule has 0 saturated heterocycles. The normalized spacial score (nSPS) is 11.6. The number of urea groups is 1. The van der Waals surface area contributed by atoms with Gasteiger partial charge in [-0.1, -0.05) is 13.0 Å². The molecule has 0 fully saturated rings. The van der Waals surface area contributed by atoms with Crippen LogP contribution in [0.4, 0.5) is 10.5 Å². The summed E-state index contributed by atoms with van der Waals surface area (Å²) in [5.41, 5.74) is 1.75. The first-order valence-electron chi connectivity index (χ1n) is 6.55. The van der Waals surface area contributed by atoms with Crippen molar-refractivity contribution in [2.45, 2.75) is 33.2 Å². The quantitative estimate of drug-likeness (QED) is 0.770. The molecule has 0 aromatic heterocycles. The highest BCUT2D eigenvalue weighted by molar-refractivity contribution is 9.10. The van der Waals surface area contributed by atoms with Crippen molar-refractivity contribution in [3.05, 3.63) is 28.2 Å². The number of halogens is 1. The number of nitrogens with one attached hydrogen (secondary N) is 3. The van der Waals surface area contributed by atoms with Crippen molar-refractivity contribution >= 4 is 33.6 Å². The Bertz CT molecular complexity index is 491. The molecular formula is C14H20BrN3O2. The monoisotopic (exact) mass is 341 g/mol. The SMILES string of the molecule is CCCNC(=O)[C@@H](C)NC(=O)Nc1ccc(C)cc1Br. The summed E-state index contributed by atoms with van der Waals surface area (Å²) in [6, 6.07) is 4.63. The topological polar surface area (TPSA) is 70.2 Å². The molecule has 5 nitrogen and oxygen atoms in total. The second-order valence-corrected chi connectivity index (χ2v) is 5.45. The van der Waals surface area contributed by atoms with E-state index < -0.39 is 12.1 Å². The van der Waals surface area contributed by atoms with Crippen LogP contribution in [0.15, 0.2) is 22.7 Å². The van der Waals surface area contributed by atoms with Crippen LogP contribution in [0.25, 0.3) is 0 Å². The zero-order valence-electron chi connectivity index (χ0n) is 11.9. The minimum absolute atomic E-state index is 0.190. The van der Waals surface area contributed by atoms with Gasteiger partial charge in [-0.15, -0.1) is 0 Å². The van der Waals surface area contributed by atoms with Crippen molar-refractivity contribution in [1.29, 1.82) is 0 Å². The lowest BCUT2D eigenvalue weighted by Gasteiger charge is -2.15. The molecule has 3 amide bonds. The molecule has 0 heterocycles. The highest BCUT2D eigenvalue weighted by atomic mass is 79.9. The predicted molar refractivity (Wildman–Crippen MR) is 83.8 cm³/mol. The molecule has 20 heavy (non-hydrogen) atoms. The average molecular weight is 342 g/mol. The van der Waals surface area contributed by atoms with E-state index in [-0.39, 0.29) is 5.91 Å². The van der Waals surface area contributed by atoms with Crippen molar-refractivity contribution in [3.63, 3.8) is 0 Å². The van der Waals surface area contributed by atoms with Crippen molar-refractivity contribution in [3.8, 4) is 0 Å². The van der Waals surface area contributed by atoms with Gasteiger partial charge in [0.05, 0.1) is 5.69 Å². The van der Waals surface area contributed by atoms with Crippen LogP contribution in [0.2, 0.25) is 0 Å². The molecule has 110 valence electrons. The Kier molecular flexibility index (Phi) is 6.51. The molecule has 0 bridgehead atoms. The molecule has 0 aliphatic carbocycles. The summed E-state index contributed by atoms with van der Waals surface area (Å²) in [6.07, 6.45) is 0.862. The fourth-order valence-corrected chi connectivity index (χ4v) is 2.14. The van der Waals surface area contributed by atoms with Crippen LogP contribution < -0.4 is 16.0 Å². The van der Waals surface area contributed by atoms with Crippen LogP contribution in [0.1, 0.15) is 25.8 Å². The smallest absolute Gasteiger partial charge is 0.319 e. The van der Waals surface area contributed by atoms with Crippen molar-refractivity contribution in [2.75, 3.05) is 11.9 Å². The van der Waals surface area contributed by atoms with Gasteiger partial charge >= 0.3 is 6.03 Å². The Morgan fingerprint density at radius 1 is 1.35 bits per heavy atom. The molecule has 0 spiro atoms. The van der Waals surface area contributed by atoms with Crippen molar-refractivity contribution in [1.82, 2.24) is 10.6 Å². The van der Waals surface area contributed by atoms with Gasteiger partial charge in [-0.25, -0.2) is 4.79 Å². The van der Waals surface area contributed by atoms with Gasteiger partial charge in [0.15, 0.2) is 0 Å². The Morgan fingerprint density at radius 3 is 2.65 bits per heavy atom. The summed E-state index contributed by atoms with van der Waals surface area (Å²) in [5.74, 6) is -0.190. The van der Waals surface area contributed by atoms with Gasteiger partial charge in [-0.2, -0.15) is 0 Å². The largest absolute Gasteiger partial charge is 0.354 e. The van der Waals surface area contributed by atoms with E-state index in [4.69, 9.17) is 0 Å². The third-order valence-electron chi connectivity index (χ3n) is 2.66. The zero-order valence-corrected chi connectivity index (χ0v) is 13.5. The fraction of sp³-hybridized carbons (Fsp3) is 0.429. The summed E-state index contributed by atoms with van der Waals surface area (Å²) in [6.45, 7) is 6.19. The third-order valence-corrected chi connectivity index (χ3v) is 3.32. The van der Waals surface area contributed by atoms with E-state index in [1.807, 2.05) is 26.0 Å². The lowest BCUT2D eigenvalue weighted by molar-refractivity contribution is -0.122. The van der Waals surface area contributed by atoms with Gasteiger partial charge in [0.2, 0.25) is 5.91 Å². The molecule has 3 N–H and O–H groups in total. The first-order valence-corrected chi connectivity index (χ1v) is 7.34. The molecule has 0 saturated carbocycles. The number of carbonyl (C=O) groups is 2. The number of anilines is 1. The summed E-state index contributed by atoms with van der Waals surface area (Å²) < 4.78 is 0.802. The van der Waals surface area contributed by atoms with E-state index in [0.29, 0.717) is 12.2 Å². The standard InChI is InChI=1S/C14H20BrN3O2/c1-4-7-16-13(19)10(3)17-14(20)18-12-6-5-9(2)8-11(12)15/h5-6,8,10H,4,7H2,1-3H3,(H,16,19)(H2,17,18,20)/t10-/m1/s1. The number of benzene rings is 1. The Morgan fingerprint density at radius 2 is 2.05 bits per heavy atom. The molecular weight excluding hydrogens is 322 g/mol. The molecule has 1 aromatic carbocycles. The number of hydrogen-bond donors (Lipinski definition) is 3. The lowest BCUT2D eigenvalue weighted by atomic mass is 10.2. The molecule has 6 heteroatoms. The molecule has 1 rings (SSSR count). The number of rotatable bonds is 5. The van der Waals surface area contributed by atoms with E-state index in [1.165, 1.54) is 0 Å². The number of amides is 3. The second kappa shape index (κ2) is 7.89. The van der Waals surface area contributed by atoms with E-state index in [2.05, 4.69) is 31.9 Å². The molecule has 0 unspecified atom stereocenters. The number of hydrogen-bond acceptors (Lipinski definition) is 2. The maximum atomic E-state index is 11.8. The van der Waals surface area contributed by atoms with Gasteiger partial charge in [-0.3, -0.25) is 4.79 Å². The van der Waals surface area contributed by atoms with Crippen LogP contribution in [0.5, 0.6) is 0 Å². The lowest BCUT2D eigenvalue weighted by Crippen LogP contribution is -2.46. The van der Waals surface area contributed by atoms with E-state index >= 15 is 0 Å². The van der Waals surface area contributed by atoms with E-state index in [1.54, 1.807) is 13.0 Å². The zero-order chi connectivity index (χ0) is 15.1. The van der Waals surface area contributed by atoms with Gasteiger partial charge < -0.3 is 16.0 Å². The second-order valence-electron chi connectivity index (χ2n) is 4.59. The van der Waals surface area contributed by atoms with Gasteiger partial charge in [0.1, 0.15) is 6.04 Å². The van der Waals surface area contributed by atoms with Gasteiger partial charge in [0.25, 0.3) is 0 Å². The minimum atomic E-state index is -0.578. The van der Waals surface area contributed by atoms with Gasteiger partial charge in [-0.05, 0) is 53.9 Å². The van der Waals surface area contributed by atoms with Crippen LogP contribution in [-0.2, 0) is 4.79 Å². The molecule has 0 radical (unpaired) electrons. The van der Waals surface area contributed by atoms with Crippen LogP contribution in [-0.4, -0.2) is 24.5 Å². The number of carbonyl (C=O) groups excluding carboxylic acids is 2.